The third-order valence-corrected chi connectivity index (χ3v) is 3.79. The Morgan fingerprint density at radius 3 is 2.74 bits per heavy atom. The highest BCUT2D eigenvalue weighted by Crippen LogP contribution is 2.25. The normalized spacial score (nSPS) is 22.2. The van der Waals surface area contributed by atoms with Crippen LogP contribution in [-0.4, -0.2) is 23.0 Å². The number of amides is 1. The molecule has 0 aromatic heterocycles. The third kappa shape index (κ3) is 3.34. The van der Waals surface area contributed by atoms with Gasteiger partial charge in [0.2, 0.25) is 5.91 Å². The van der Waals surface area contributed by atoms with E-state index >= 15 is 0 Å². The van der Waals surface area contributed by atoms with Gasteiger partial charge in [0.1, 0.15) is 0 Å². The van der Waals surface area contributed by atoms with E-state index in [9.17, 15) is 9.59 Å². The van der Waals surface area contributed by atoms with Crippen LogP contribution in [0.5, 0.6) is 0 Å². The first-order valence-electron chi connectivity index (χ1n) is 6.64. The van der Waals surface area contributed by atoms with Gasteiger partial charge in [-0.1, -0.05) is 30.7 Å². The molecule has 1 saturated carbocycles. The van der Waals surface area contributed by atoms with E-state index in [2.05, 4.69) is 5.32 Å². The fourth-order valence-electron chi connectivity index (χ4n) is 2.67. The van der Waals surface area contributed by atoms with Crippen LogP contribution in [0.1, 0.15) is 30.4 Å². The highest BCUT2D eigenvalue weighted by molar-refractivity contribution is 5.80. The summed E-state index contributed by atoms with van der Waals surface area (Å²) >= 11 is 0. The van der Waals surface area contributed by atoms with Crippen LogP contribution in [0.3, 0.4) is 0 Å². The fraction of sp³-hybridized carbons (Fsp3) is 0.467. The van der Waals surface area contributed by atoms with Gasteiger partial charge >= 0.3 is 5.97 Å². The fourth-order valence-corrected chi connectivity index (χ4v) is 2.67. The van der Waals surface area contributed by atoms with Crippen LogP contribution >= 0.6 is 0 Å². The Bertz CT molecular complexity index is 484. The number of carbonyl (C=O) groups excluding carboxylic acids is 1. The molecule has 4 nitrogen and oxygen atoms in total. The average molecular weight is 261 g/mol. The Labute approximate surface area is 112 Å². The molecule has 1 fully saturated rings. The number of rotatable bonds is 4. The van der Waals surface area contributed by atoms with Crippen molar-refractivity contribution in [2.24, 2.45) is 5.92 Å². The molecule has 1 amide bonds. The predicted molar refractivity (Wildman–Crippen MR) is 71.8 cm³/mol. The first kappa shape index (κ1) is 13.6. The van der Waals surface area contributed by atoms with Crippen molar-refractivity contribution in [3.63, 3.8) is 0 Å². The van der Waals surface area contributed by atoms with Gasteiger partial charge in [-0.05, 0) is 30.9 Å². The molecular weight excluding hydrogens is 242 g/mol. The smallest absolute Gasteiger partial charge is 0.308 e. The molecule has 1 aliphatic rings. The van der Waals surface area contributed by atoms with Crippen molar-refractivity contribution in [3.05, 3.63) is 35.4 Å². The number of carboxylic acid groups (broad SMARTS) is 1. The highest BCUT2D eigenvalue weighted by Gasteiger charge is 2.33. The number of aryl methyl sites for hydroxylation is 1. The van der Waals surface area contributed by atoms with E-state index in [1.807, 2.05) is 31.2 Å². The number of aliphatic carboxylic acids is 1. The molecule has 0 radical (unpaired) electrons. The maximum atomic E-state index is 12.0. The van der Waals surface area contributed by atoms with Crippen LogP contribution < -0.4 is 5.32 Å². The molecule has 0 spiro atoms. The maximum Gasteiger partial charge on any atom is 0.308 e. The summed E-state index contributed by atoms with van der Waals surface area (Å²) in [6.45, 7) is 1.97. The molecule has 0 aliphatic heterocycles. The molecule has 1 aromatic rings. The minimum absolute atomic E-state index is 0.0903. The molecule has 19 heavy (non-hydrogen) atoms. The van der Waals surface area contributed by atoms with Crippen LogP contribution in [0.4, 0.5) is 0 Å². The van der Waals surface area contributed by atoms with Crippen molar-refractivity contribution in [3.8, 4) is 0 Å². The van der Waals surface area contributed by atoms with Gasteiger partial charge in [0.05, 0.1) is 12.3 Å². The number of nitrogens with one attached hydrogen (secondary N) is 1. The van der Waals surface area contributed by atoms with Crippen molar-refractivity contribution < 1.29 is 14.7 Å². The van der Waals surface area contributed by atoms with Crippen LogP contribution in [0.25, 0.3) is 0 Å². The standard InChI is InChI=1S/C15H19NO3/c1-10-5-2-3-6-11(10)9-14(17)16-13-8-4-7-12(13)15(18)19/h2-3,5-6,12-13H,4,7-9H2,1H3,(H,16,17)(H,18,19)/t12-,13+/m0/s1. The van der Waals surface area contributed by atoms with E-state index < -0.39 is 11.9 Å². The van der Waals surface area contributed by atoms with Gasteiger partial charge < -0.3 is 10.4 Å². The molecule has 0 heterocycles. The average Bonchev–Trinajstić information content (AvgIpc) is 2.80. The lowest BCUT2D eigenvalue weighted by atomic mass is 10.0. The van der Waals surface area contributed by atoms with Crippen molar-refractivity contribution in [1.82, 2.24) is 5.32 Å². The summed E-state index contributed by atoms with van der Waals surface area (Å²) in [7, 11) is 0. The van der Waals surface area contributed by atoms with E-state index in [-0.39, 0.29) is 11.9 Å². The van der Waals surface area contributed by atoms with Gasteiger partial charge in [-0.15, -0.1) is 0 Å². The summed E-state index contributed by atoms with van der Waals surface area (Å²) in [5, 5.41) is 11.9. The molecule has 0 saturated heterocycles. The summed E-state index contributed by atoms with van der Waals surface area (Å²) in [5.41, 5.74) is 2.07. The minimum Gasteiger partial charge on any atom is -0.481 e. The van der Waals surface area contributed by atoms with E-state index in [1.54, 1.807) is 0 Å². The molecule has 2 rings (SSSR count). The van der Waals surface area contributed by atoms with Gasteiger partial charge in [-0.2, -0.15) is 0 Å². The summed E-state index contributed by atoms with van der Waals surface area (Å²) in [5.74, 6) is -1.33. The second-order valence-corrected chi connectivity index (χ2v) is 5.15. The predicted octanol–water partition coefficient (Wildman–Crippen LogP) is 1.91. The lowest BCUT2D eigenvalue weighted by molar-refractivity contribution is -0.142. The van der Waals surface area contributed by atoms with Gasteiger partial charge in [0.25, 0.3) is 0 Å². The van der Waals surface area contributed by atoms with Crippen molar-refractivity contribution >= 4 is 11.9 Å². The summed E-state index contributed by atoms with van der Waals surface area (Å²) in [4.78, 5) is 23.0. The summed E-state index contributed by atoms with van der Waals surface area (Å²) in [6, 6.07) is 7.53. The van der Waals surface area contributed by atoms with Crippen LogP contribution in [-0.2, 0) is 16.0 Å². The van der Waals surface area contributed by atoms with E-state index in [0.717, 1.165) is 24.0 Å². The molecule has 0 unspecified atom stereocenters. The Hall–Kier alpha value is -1.84. The molecule has 1 aliphatic carbocycles. The van der Waals surface area contributed by atoms with E-state index in [4.69, 9.17) is 5.11 Å². The van der Waals surface area contributed by atoms with Crippen LogP contribution in [0.15, 0.2) is 24.3 Å². The molecule has 2 atom stereocenters. The molecular formula is C15H19NO3. The molecule has 4 heteroatoms. The number of hydrogen-bond acceptors (Lipinski definition) is 2. The Morgan fingerprint density at radius 2 is 2.05 bits per heavy atom. The number of benzene rings is 1. The minimum atomic E-state index is -0.807. The lowest BCUT2D eigenvalue weighted by Crippen LogP contribution is -2.40. The second kappa shape index (κ2) is 5.87. The zero-order valence-electron chi connectivity index (χ0n) is 11.1. The van der Waals surface area contributed by atoms with Crippen molar-refractivity contribution in [1.29, 1.82) is 0 Å². The van der Waals surface area contributed by atoms with Crippen molar-refractivity contribution in [2.45, 2.75) is 38.6 Å². The second-order valence-electron chi connectivity index (χ2n) is 5.15. The van der Waals surface area contributed by atoms with E-state index in [1.165, 1.54) is 0 Å². The first-order valence-corrected chi connectivity index (χ1v) is 6.64. The highest BCUT2D eigenvalue weighted by atomic mass is 16.4. The molecule has 2 N–H and O–H groups in total. The third-order valence-electron chi connectivity index (χ3n) is 3.79. The quantitative estimate of drug-likeness (QED) is 0.870. The zero-order valence-corrected chi connectivity index (χ0v) is 11.1. The van der Waals surface area contributed by atoms with Gasteiger partial charge in [-0.25, -0.2) is 0 Å². The van der Waals surface area contributed by atoms with Crippen LogP contribution in [0, 0.1) is 12.8 Å². The summed E-state index contributed by atoms with van der Waals surface area (Å²) < 4.78 is 0. The Morgan fingerprint density at radius 1 is 1.32 bits per heavy atom. The number of carbonyl (C=O) groups is 2. The zero-order chi connectivity index (χ0) is 13.8. The number of hydrogen-bond donors (Lipinski definition) is 2. The molecule has 0 bridgehead atoms. The Kier molecular flexibility index (Phi) is 4.20. The van der Waals surface area contributed by atoms with Crippen molar-refractivity contribution in [2.75, 3.05) is 0 Å². The topological polar surface area (TPSA) is 66.4 Å². The summed E-state index contributed by atoms with van der Waals surface area (Å²) in [6.07, 6.45) is 2.60. The molecule has 102 valence electrons. The SMILES string of the molecule is Cc1ccccc1CC(=O)N[C@@H]1CCC[C@@H]1C(=O)O. The lowest BCUT2D eigenvalue weighted by Gasteiger charge is -2.17. The van der Waals surface area contributed by atoms with Crippen LogP contribution in [0.2, 0.25) is 0 Å². The Balaban J connectivity index is 1.95. The van der Waals surface area contributed by atoms with E-state index in [0.29, 0.717) is 12.8 Å². The van der Waals surface area contributed by atoms with Gasteiger partial charge in [0.15, 0.2) is 0 Å². The number of carboxylic acids is 1. The largest absolute Gasteiger partial charge is 0.481 e. The molecule has 1 aromatic carbocycles. The first-order chi connectivity index (χ1) is 9.08. The van der Waals surface area contributed by atoms with Gasteiger partial charge in [-0.3, -0.25) is 9.59 Å². The maximum absolute atomic E-state index is 12.0. The monoisotopic (exact) mass is 261 g/mol. The van der Waals surface area contributed by atoms with Gasteiger partial charge in [0, 0.05) is 6.04 Å².